The number of halogens is 1. The highest BCUT2D eigenvalue weighted by atomic mass is 35.5. The van der Waals surface area contributed by atoms with E-state index in [9.17, 15) is 14.9 Å². The zero-order valence-corrected chi connectivity index (χ0v) is 15.0. The molecule has 136 valence electrons. The molecule has 8 heteroatoms. The van der Waals surface area contributed by atoms with Crippen LogP contribution in [-0.4, -0.2) is 18.9 Å². The van der Waals surface area contributed by atoms with Crippen LogP contribution in [0.15, 0.2) is 71.7 Å². The highest BCUT2D eigenvalue weighted by Gasteiger charge is 2.18. The van der Waals surface area contributed by atoms with Crippen LogP contribution in [0.1, 0.15) is 0 Å². The Hall–Kier alpha value is -3.71. The monoisotopic (exact) mass is 390 g/mol. The van der Waals surface area contributed by atoms with E-state index in [4.69, 9.17) is 16.6 Å². The summed E-state index contributed by atoms with van der Waals surface area (Å²) in [5, 5.41) is 12.7. The predicted molar refractivity (Wildman–Crippen MR) is 107 cm³/mol. The Bertz CT molecular complexity index is 1470. The van der Waals surface area contributed by atoms with E-state index < -0.39 is 4.92 Å². The SMILES string of the molecule is O=c1c2ccccc2c2nc3ccc(Cl)cn3c2n1-c1ccc([N+](=O)[O-])cc1. The van der Waals surface area contributed by atoms with Crippen molar-refractivity contribution in [1.82, 2.24) is 14.0 Å². The quantitative estimate of drug-likeness (QED) is 0.331. The van der Waals surface area contributed by atoms with E-state index in [2.05, 4.69) is 0 Å². The van der Waals surface area contributed by atoms with Crippen molar-refractivity contribution in [2.24, 2.45) is 0 Å². The Morgan fingerprint density at radius 3 is 2.39 bits per heavy atom. The first-order valence-electron chi connectivity index (χ1n) is 8.40. The molecule has 0 spiro atoms. The van der Waals surface area contributed by atoms with Crippen molar-refractivity contribution in [3.63, 3.8) is 0 Å². The number of aromatic nitrogens is 3. The van der Waals surface area contributed by atoms with Crippen molar-refractivity contribution in [2.75, 3.05) is 0 Å². The number of imidazole rings is 1. The van der Waals surface area contributed by atoms with E-state index in [-0.39, 0.29) is 11.2 Å². The van der Waals surface area contributed by atoms with Crippen molar-refractivity contribution in [2.45, 2.75) is 0 Å². The molecule has 5 rings (SSSR count). The highest BCUT2D eigenvalue weighted by Crippen LogP contribution is 2.27. The van der Waals surface area contributed by atoms with Gasteiger partial charge in [0.1, 0.15) is 11.2 Å². The van der Waals surface area contributed by atoms with Gasteiger partial charge in [0.15, 0.2) is 5.65 Å². The van der Waals surface area contributed by atoms with E-state index in [1.807, 2.05) is 12.1 Å². The summed E-state index contributed by atoms with van der Waals surface area (Å²) in [6.07, 6.45) is 1.70. The smallest absolute Gasteiger partial charge is 0.269 e. The van der Waals surface area contributed by atoms with Gasteiger partial charge in [0.25, 0.3) is 11.2 Å². The standard InChI is InChI=1S/C20H11ClN4O3/c21-12-5-10-17-22-18-15-3-1-2-4-16(15)20(26)24(19(18)23(17)11-12)13-6-8-14(9-7-13)25(27)28/h1-11H. The van der Waals surface area contributed by atoms with Crippen LogP contribution in [0.2, 0.25) is 5.02 Å². The van der Waals surface area contributed by atoms with E-state index in [0.717, 1.165) is 5.39 Å². The lowest BCUT2D eigenvalue weighted by molar-refractivity contribution is -0.384. The maximum atomic E-state index is 13.3. The van der Waals surface area contributed by atoms with Gasteiger partial charge in [-0.25, -0.2) is 4.98 Å². The molecule has 2 aromatic carbocycles. The van der Waals surface area contributed by atoms with Crippen LogP contribution in [0.25, 0.3) is 33.3 Å². The van der Waals surface area contributed by atoms with E-state index in [1.54, 1.807) is 47.0 Å². The third kappa shape index (κ3) is 2.30. The zero-order valence-electron chi connectivity index (χ0n) is 14.2. The normalized spacial score (nSPS) is 11.5. The molecule has 0 bridgehead atoms. The fourth-order valence-electron chi connectivity index (χ4n) is 3.46. The largest absolute Gasteiger partial charge is 0.284 e. The van der Waals surface area contributed by atoms with Gasteiger partial charge in [-0.15, -0.1) is 0 Å². The van der Waals surface area contributed by atoms with Gasteiger partial charge in [0.2, 0.25) is 0 Å². The van der Waals surface area contributed by atoms with Gasteiger partial charge in [-0.05, 0) is 30.3 Å². The van der Waals surface area contributed by atoms with Crippen LogP contribution < -0.4 is 5.56 Å². The van der Waals surface area contributed by atoms with Crippen LogP contribution >= 0.6 is 11.6 Å². The van der Waals surface area contributed by atoms with Crippen molar-refractivity contribution < 1.29 is 4.92 Å². The molecule has 0 aliphatic rings. The topological polar surface area (TPSA) is 82.4 Å². The van der Waals surface area contributed by atoms with Crippen LogP contribution in [0.5, 0.6) is 0 Å². The van der Waals surface area contributed by atoms with Gasteiger partial charge in [0, 0.05) is 29.1 Å². The number of rotatable bonds is 2. The Morgan fingerprint density at radius 2 is 1.68 bits per heavy atom. The third-order valence-corrected chi connectivity index (χ3v) is 4.93. The van der Waals surface area contributed by atoms with Gasteiger partial charge in [-0.1, -0.05) is 29.8 Å². The minimum Gasteiger partial charge on any atom is -0.284 e. The van der Waals surface area contributed by atoms with Gasteiger partial charge in [0.05, 0.1) is 15.6 Å². The molecule has 0 saturated carbocycles. The number of hydrogen-bond donors (Lipinski definition) is 0. The third-order valence-electron chi connectivity index (χ3n) is 4.70. The van der Waals surface area contributed by atoms with Crippen LogP contribution in [0.3, 0.4) is 0 Å². The fourth-order valence-corrected chi connectivity index (χ4v) is 3.62. The molecule has 3 aromatic heterocycles. The second kappa shape index (κ2) is 5.90. The first kappa shape index (κ1) is 16.5. The molecule has 0 amide bonds. The molecule has 3 heterocycles. The van der Waals surface area contributed by atoms with Crippen molar-refractivity contribution in [1.29, 1.82) is 0 Å². The zero-order chi connectivity index (χ0) is 19.4. The highest BCUT2D eigenvalue weighted by molar-refractivity contribution is 6.30. The van der Waals surface area contributed by atoms with Crippen LogP contribution in [0, 0.1) is 10.1 Å². The van der Waals surface area contributed by atoms with Crippen molar-refractivity contribution in [3.8, 4) is 5.69 Å². The molecule has 0 aliphatic carbocycles. The average Bonchev–Trinajstić information content (AvgIpc) is 3.07. The number of pyridine rings is 2. The fraction of sp³-hybridized carbons (Fsp3) is 0. The maximum Gasteiger partial charge on any atom is 0.269 e. The Kier molecular flexibility index (Phi) is 3.47. The van der Waals surface area contributed by atoms with Crippen molar-refractivity contribution >= 4 is 44.9 Å². The summed E-state index contributed by atoms with van der Waals surface area (Å²) in [5.74, 6) is 0. The summed E-state index contributed by atoms with van der Waals surface area (Å²) in [5.41, 5.74) is 2.07. The maximum absolute atomic E-state index is 13.3. The van der Waals surface area contributed by atoms with Crippen LogP contribution in [0.4, 0.5) is 5.69 Å². The molecule has 0 N–H and O–H groups in total. The molecule has 5 aromatic rings. The minimum absolute atomic E-state index is 0.0463. The van der Waals surface area contributed by atoms with Crippen molar-refractivity contribution in [3.05, 3.63) is 92.4 Å². The summed E-state index contributed by atoms with van der Waals surface area (Å²) in [6, 6.07) is 16.6. The number of hydrogen-bond acceptors (Lipinski definition) is 4. The Labute approximate surface area is 162 Å². The van der Waals surface area contributed by atoms with Gasteiger partial charge in [-0.3, -0.25) is 23.9 Å². The summed E-state index contributed by atoms with van der Waals surface area (Å²) >= 11 is 6.18. The Morgan fingerprint density at radius 1 is 0.964 bits per heavy atom. The molecule has 0 saturated heterocycles. The van der Waals surface area contributed by atoms with Gasteiger partial charge in [-0.2, -0.15) is 0 Å². The first-order valence-corrected chi connectivity index (χ1v) is 8.78. The first-order chi connectivity index (χ1) is 13.5. The molecular formula is C20H11ClN4O3. The average molecular weight is 391 g/mol. The Balaban J connectivity index is 1.99. The summed E-state index contributed by atoms with van der Waals surface area (Å²) in [4.78, 5) is 28.5. The molecule has 0 aliphatic heterocycles. The second-order valence-corrected chi connectivity index (χ2v) is 6.76. The number of nitro groups is 1. The number of non-ortho nitro benzene ring substituents is 1. The van der Waals surface area contributed by atoms with Crippen LogP contribution in [-0.2, 0) is 0 Å². The minimum atomic E-state index is -0.476. The summed E-state index contributed by atoms with van der Waals surface area (Å²) < 4.78 is 3.27. The lowest BCUT2D eigenvalue weighted by Crippen LogP contribution is -2.20. The summed E-state index contributed by atoms with van der Waals surface area (Å²) in [7, 11) is 0. The van der Waals surface area contributed by atoms with E-state index >= 15 is 0 Å². The van der Waals surface area contributed by atoms with Gasteiger partial charge < -0.3 is 0 Å². The molecule has 0 radical (unpaired) electrons. The molecule has 7 nitrogen and oxygen atoms in total. The second-order valence-electron chi connectivity index (χ2n) is 6.32. The number of fused-ring (bicyclic) bond motifs is 5. The predicted octanol–water partition coefficient (Wildman–Crippen LogP) is 4.35. The van der Waals surface area contributed by atoms with E-state index in [0.29, 0.717) is 32.9 Å². The lowest BCUT2D eigenvalue weighted by atomic mass is 10.1. The molecule has 0 fully saturated rings. The molecular weight excluding hydrogens is 380 g/mol. The number of nitro benzene ring substituents is 1. The molecule has 0 unspecified atom stereocenters. The van der Waals surface area contributed by atoms with Gasteiger partial charge >= 0.3 is 0 Å². The van der Waals surface area contributed by atoms with E-state index in [1.165, 1.54) is 16.7 Å². The lowest BCUT2D eigenvalue weighted by Gasteiger charge is -2.11. The number of nitrogens with zero attached hydrogens (tertiary/aromatic N) is 4. The molecule has 0 atom stereocenters. The molecule has 28 heavy (non-hydrogen) atoms. The summed E-state index contributed by atoms with van der Waals surface area (Å²) in [6.45, 7) is 0. The number of benzene rings is 2.